The Labute approximate surface area is 386 Å². The second-order valence-electron chi connectivity index (χ2n) is 18.3. The molecule has 0 aromatic carbocycles. The molecule has 378 valence electrons. The molecule has 0 amide bonds. The molecule has 14 heteroatoms. The zero-order valence-corrected chi connectivity index (χ0v) is 40.0. The molecule has 0 aromatic heterocycles. The molecule has 2 aliphatic rings. The minimum Gasteiger partial charge on any atom is -0.457 e. The number of unbranched alkanes of at least 4 members (excludes halogenated alkanes) is 25. The van der Waals surface area contributed by atoms with Crippen LogP contribution in [0.4, 0.5) is 0 Å². The van der Waals surface area contributed by atoms with Gasteiger partial charge in [-0.1, -0.05) is 167 Å². The van der Waals surface area contributed by atoms with Crippen molar-refractivity contribution in [3.63, 3.8) is 0 Å². The van der Waals surface area contributed by atoms with Crippen LogP contribution in [0.2, 0.25) is 0 Å². The molecule has 0 aliphatic carbocycles. The van der Waals surface area contributed by atoms with E-state index >= 15 is 0 Å². The molecule has 0 radical (unpaired) electrons. The van der Waals surface area contributed by atoms with Crippen LogP contribution in [0.1, 0.15) is 200 Å². The molecule has 0 bridgehead atoms. The van der Waals surface area contributed by atoms with E-state index in [1.54, 1.807) is 0 Å². The van der Waals surface area contributed by atoms with Crippen LogP contribution >= 0.6 is 0 Å². The number of rotatable bonds is 41. The second kappa shape index (κ2) is 38.7. The Morgan fingerprint density at radius 2 is 0.922 bits per heavy atom. The average Bonchev–Trinajstić information content (AvgIpc) is 3.29. The maximum Gasteiger partial charge on any atom is 0.306 e. The van der Waals surface area contributed by atoms with E-state index in [1.807, 2.05) is 0 Å². The van der Waals surface area contributed by atoms with E-state index in [9.17, 15) is 40.5 Å². The average molecular weight is 919 g/mol. The molecule has 2 rings (SSSR count). The van der Waals surface area contributed by atoms with Crippen molar-refractivity contribution < 1.29 is 69.0 Å². The molecular formula is C50H94O14. The van der Waals surface area contributed by atoms with Gasteiger partial charge in [-0.3, -0.25) is 4.79 Å². The number of esters is 1. The van der Waals surface area contributed by atoms with Crippen LogP contribution in [0.25, 0.3) is 0 Å². The lowest BCUT2D eigenvalue weighted by molar-refractivity contribution is -0.332. The minimum absolute atomic E-state index is 0.0639. The van der Waals surface area contributed by atoms with Gasteiger partial charge in [-0.25, -0.2) is 0 Å². The van der Waals surface area contributed by atoms with Crippen molar-refractivity contribution in [1.82, 2.24) is 0 Å². The van der Waals surface area contributed by atoms with Crippen LogP contribution in [-0.2, 0) is 33.2 Å². The van der Waals surface area contributed by atoms with Gasteiger partial charge in [0.25, 0.3) is 0 Å². The van der Waals surface area contributed by atoms with Gasteiger partial charge in [-0.2, -0.15) is 0 Å². The summed E-state index contributed by atoms with van der Waals surface area (Å²) < 4.78 is 34.3. The number of aliphatic hydroxyl groups excluding tert-OH is 7. The topological polar surface area (TPSA) is 214 Å². The molecule has 11 atom stereocenters. The normalized spacial score (nSPS) is 26.8. The van der Waals surface area contributed by atoms with Crippen molar-refractivity contribution >= 4 is 5.97 Å². The maximum atomic E-state index is 13.0. The first-order valence-electron chi connectivity index (χ1n) is 25.8. The Balaban J connectivity index is 1.77. The number of carbonyl (C=O) groups is 1. The second-order valence-corrected chi connectivity index (χ2v) is 18.3. The zero-order chi connectivity index (χ0) is 46.6. The summed E-state index contributed by atoms with van der Waals surface area (Å²) in [6, 6.07) is 0. The Morgan fingerprint density at radius 1 is 0.500 bits per heavy atom. The lowest BCUT2D eigenvalue weighted by Crippen LogP contribution is -2.61. The Hall–Kier alpha value is -1.27. The predicted octanol–water partition coefficient (Wildman–Crippen LogP) is 7.46. The van der Waals surface area contributed by atoms with Gasteiger partial charge >= 0.3 is 5.97 Å². The highest BCUT2D eigenvalue weighted by Gasteiger charge is 2.47. The molecule has 11 unspecified atom stereocenters. The summed E-state index contributed by atoms with van der Waals surface area (Å²) >= 11 is 0. The van der Waals surface area contributed by atoms with Gasteiger partial charge in [0.1, 0.15) is 54.9 Å². The molecular weight excluding hydrogens is 825 g/mol. The van der Waals surface area contributed by atoms with Crippen molar-refractivity contribution in [2.75, 3.05) is 33.0 Å². The fourth-order valence-corrected chi connectivity index (χ4v) is 8.28. The van der Waals surface area contributed by atoms with Crippen LogP contribution < -0.4 is 0 Å². The Morgan fingerprint density at radius 3 is 1.42 bits per heavy atom. The number of ether oxygens (including phenoxy) is 6. The standard InChI is InChI=1S/C50H94O14/c1-3-5-7-9-11-13-15-17-19-20-22-24-26-28-30-32-34-59-36-39(62-42(52)33-31-29-27-25-23-21-18-16-14-12-10-8-6-4-2)37-60-49-48(58)46(56)44(54)41(64-49)38-61-50-47(57)45(55)43(53)40(35-51)63-50/h16,18,39-41,43-51,53-58H,3-15,17,19-38H2,1-2H3/b18-16-. The highest BCUT2D eigenvalue weighted by molar-refractivity contribution is 5.69. The highest BCUT2D eigenvalue weighted by atomic mass is 16.7. The molecule has 0 saturated carbocycles. The van der Waals surface area contributed by atoms with Gasteiger partial charge in [0.2, 0.25) is 0 Å². The van der Waals surface area contributed by atoms with E-state index in [0.717, 1.165) is 57.8 Å². The first kappa shape index (κ1) is 58.9. The monoisotopic (exact) mass is 919 g/mol. The van der Waals surface area contributed by atoms with Gasteiger partial charge in [-0.05, 0) is 38.5 Å². The minimum atomic E-state index is -1.70. The fraction of sp³-hybridized carbons (Fsp3) is 0.940. The Kier molecular flexibility index (Phi) is 35.6. The molecule has 2 saturated heterocycles. The van der Waals surface area contributed by atoms with Crippen molar-refractivity contribution in [1.29, 1.82) is 0 Å². The van der Waals surface area contributed by atoms with Crippen LogP contribution in [0.3, 0.4) is 0 Å². The first-order chi connectivity index (χ1) is 31.1. The number of carbonyl (C=O) groups excluding carboxylic acids is 1. The molecule has 0 aromatic rings. The third-order valence-corrected chi connectivity index (χ3v) is 12.5. The SMILES string of the molecule is CCCCCCC/C=C\CCCCCCCC(=O)OC(COCCCCCCCCCCCCCCCCCC)COC1OC(COC2OC(CO)C(O)C(O)C2O)C(O)C(O)C1O. The molecule has 14 nitrogen and oxygen atoms in total. The summed E-state index contributed by atoms with van der Waals surface area (Å²) in [5.41, 5.74) is 0. The van der Waals surface area contributed by atoms with Gasteiger partial charge in [0, 0.05) is 13.0 Å². The van der Waals surface area contributed by atoms with E-state index in [4.69, 9.17) is 28.4 Å². The van der Waals surface area contributed by atoms with Crippen LogP contribution in [-0.4, -0.2) is 142 Å². The molecule has 64 heavy (non-hydrogen) atoms. The first-order valence-corrected chi connectivity index (χ1v) is 25.8. The van der Waals surface area contributed by atoms with Crippen molar-refractivity contribution in [3.8, 4) is 0 Å². The van der Waals surface area contributed by atoms with Crippen LogP contribution in [0.5, 0.6) is 0 Å². The number of allylic oxidation sites excluding steroid dienone is 2. The van der Waals surface area contributed by atoms with E-state index < -0.39 is 80.7 Å². The van der Waals surface area contributed by atoms with E-state index in [1.165, 1.54) is 116 Å². The van der Waals surface area contributed by atoms with Gasteiger partial charge in [-0.15, -0.1) is 0 Å². The van der Waals surface area contributed by atoms with Crippen molar-refractivity contribution in [2.45, 2.75) is 268 Å². The predicted molar refractivity (Wildman–Crippen MR) is 247 cm³/mol. The number of aliphatic hydroxyl groups is 7. The van der Waals surface area contributed by atoms with Gasteiger partial charge < -0.3 is 64.2 Å². The fourth-order valence-electron chi connectivity index (χ4n) is 8.28. The largest absolute Gasteiger partial charge is 0.457 e. The van der Waals surface area contributed by atoms with Gasteiger partial charge in [0.05, 0.1) is 26.4 Å². The van der Waals surface area contributed by atoms with E-state index in [0.29, 0.717) is 13.0 Å². The summed E-state index contributed by atoms with van der Waals surface area (Å²) in [5.74, 6) is -0.382. The summed E-state index contributed by atoms with van der Waals surface area (Å²) in [6.45, 7) is 3.70. The zero-order valence-electron chi connectivity index (χ0n) is 40.0. The molecule has 2 aliphatic heterocycles. The lowest BCUT2D eigenvalue weighted by atomic mass is 9.98. The highest BCUT2D eigenvalue weighted by Crippen LogP contribution is 2.26. The quantitative estimate of drug-likeness (QED) is 0.0180. The van der Waals surface area contributed by atoms with Crippen molar-refractivity contribution in [2.24, 2.45) is 0 Å². The lowest BCUT2D eigenvalue weighted by Gasteiger charge is -2.42. The molecule has 2 heterocycles. The Bertz CT molecular complexity index is 1110. The van der Waals surface area contributed by atoms with Gasteiger partial charge in [0.15, 0.2) is 12.6 Å². The number of hydrogen-bond acceptors (Lipinski definition) is 14. The smallest absolute Gasteiger partial charge is 0.306 e. The third-order valence-electron chi connectivity index (χ3n) is 12.5. The summed E-state index contributed by atoms with van der Waals surface area (Å²) in [6.07, 6.45) is 22.7. The third kappa shape index (κ3) is 26.3. The van der Waals surface area contributed by atoms with Crippen LogP contribution in [0, 0.1) is 0 Å². The maximum absolute atomic E-state index is 13.0. The summed E-state index contributed by atoms with van der Waals surface area (Å²) in [4.78, 5) is 13.0. The van der Waals surface area contributed by atoms with E-state index in [2.05, 4.69) is 26.0 Å². The van der Waals surface area contributed by atoms with E-state index in [-0.39, 0.29) is 25.6 Å². The summed E-state index contributed by atoms with van der Waals surface area (Å²) in [7, 11) is 0. The molecule has 7 N–H and O–H groups in total. The molecule has 0 spiro atoms. The molecule has 2 fully saturated rings. The number of hydrogen-bond donors (Lipinski definition) is 7. The van der Waals surface area contributed by atoms with Crippen LogP contribution in [0.15, 0.2) is 12.2 Å². The summed E-state index contributed by atoms with van der Waals surface area (Å²) in [5, 5.41) is 72.1. The van der Waals surface area contributed by atoms with Crippen molar-refractivity contribution in [3.05, 3.63) is 12.2 Å².